The van der Waals surface area contributed by atoms with Crippen LogP contribution in [0.3, 0.4) is 0 Å². The van der Waals surface area contributed by atoms with Crippen LogP contribution in [0.15, 0.2) is 0 Å². The van der Waals surface area contributed by atoms with Crippen molar-refractivity contribution in [3.8, 4) is 0 Å². The van der Waals surface area contributed by atoms with E-state index in [1.807, 2.05) is 0 Å². The number of aliphatic carboxylic acids is 1. The van der Waals surface area contributed by atoms with Gasteiger partial charge >= 0.3 is 12.0 Å². The maximum absolute atomic E-state index is 11.8. The molecule has 1 fully saturated rings. The van der Waals surface area contributed by atoms with Gasteiger partial charge < -0.3 is 20.6 Å². The fourth-order valence-electron chi connectivity index (χ4n) is 2.48. The van der Waals surface area contributed by atoms with Gasteiger partial charge in [0.15, 0.2) is 0 Å². The molecule has 0 radical (unpaired) electrons. The predicted molar refractivity (Wildman–Crippen MR) is 82.5 cm³/mol. The molecule has 1 aliphatic rings. The van der Waals surface area contributed by atoms with Crippen molar-refractivity contribution in [3.63, 3.8) is 0 Å². The number of urea groups is 1. The predicted octanol–water partition coefficient (Wildman–Crippen LogP) is 1.33. The molecule has 0 saturated heterocycles. The van der Waals surface area contributed by atoms with E-state index >= 15 is 0 Å². The van der Waals surface area contributed by atoms with Gasteiger partial charge in [0.05, 0.1) is 0 Å². The molecule has 1 aliphatic carbocycles. The molecule has 3 N–H and O–H groups in total. The van der Waals surface area contributed by atoms with Crippen molar-refractivity contribution in [2.75, 3.05) is 13.6 Å². The largest absolute Gasteiger partial charge is 0.480 e. The van der Waals surface area contributed by atoms with Crippen LogP contribution in [0.1, 0.15) is 51.9 Å². The fraction of sp³-hybridized carbons (Fsp3) is 0.800. The van der Waals surface area contributed by atoms with Crippen molar-refractivity contribution in [1.29, 1.82) is 0 Å². The number of rotatable bonds is 7. The molecular weight excluding hydrogens is 286 g/mol. The number of likely N-dealkylation sites (N-methyl/N-ethyl adjacent to an activating group) is 1. The van der Waals surface area contributed by atoms with Crippen LogP contribution in [-0.4, -0.2) is 53.6 Å². The Balaban J connectivity index is 2.14. The normalized spacial score (nSPS) is 16.6. The Bertz CT molecular complexity index is 394. The molecule has 1 rings (SSSR count). The zero-order valence-electron chi connectivity index (χ0n) is 13.4. The Morgan fingerprint density at radius 3 is 2.45 bits per heavy atom. The third kappa shape index (κ3) is 6.32. The molecule has 126 valence electrons. The molecule has 1 atom stereocenters. The number of carbonyl (C=O) groups is 3. The minimum Gasteiger partial charge on any atom is -0.480 e. The quantitative estimate of drug-likeness (QED) is 0.617. The number of amides is 3. The average Bonchev–Trinajstić information content (AvgIpc) is 2.50. The lowest BCUT2D eigenvalue weighted by atomic mass is 9.96. The molecule has 1 unspecified atom stereocenters. The van der Waals surface area contributed by atoms with Gasteiger partial charge in [-0.05, 0) is 26.2 Å². The highest BCUT2D eigenvalue weighted by Gasteiger charge is 2.21. The van der Waals surface area contributed by atoms with E-state index in [2.05, 4.69) is 10.6 Å². The monoisotopic (exact) mass is 313 g/mol. The lowest BCUT2D eigenvalue weighted by molar-refractivity contribution is -0.148. The highest BCUT2D eigenvalue weighted by atomic mass is 16.4. The Labute approximate surface area is 131 Å². The second kappa shape index (κ2) is 9.27. The summed E-state index contributed by atoms with van der Waals surface area (Å²) in [6.07, 6.45) is 6.34. The summed E-state index contributed by atoms with van der Waals surface area (Å²) in [5, 5.41) is 14.5. The summed E-state index contributed by atoms with van der Waals surface area (Å²) in [6.45, 7) is 1.87. The van der Waals surface area contributed by atoms with Crippen LogP contribution in [-0.2, 0) is 9.59 Å². The molecule has 0 aromatic carbocycles. The average molecular weight is 313 g/mol. The van der Waals surface area contributed by atoms with Gasteiger partial charge in [0, 0.05) is 26.1 Å². The first kappa shape index (κ1) is 18.3. The van der Waals surface area contributed by atoms with Crippen LogP contribution >= 0.6 is 0 Å². The van der Waals surface area contributed by atoms with E-state index in [9.17, 15) is 14.4 Å². The SMILES string of the molecule is CC(C(=O)O)N(C)C(=O)CCCNC(=O)NC1CCCCC1. The van der Waals surface area contributed by atoms with Gasteiger partial charge in [-0.1, -0.05) is 19.3 Å². The highest BCUT2D eigenvalue weighted by Crippen LogP contribution is 2.17. The van der Waals surface area contributed by atoms with Crippen molar-refractivity contribution in [2.24, 2.45) is 0 Å². The van der Waals surface area contributed by atoms with Gasteiger partial charge in [-0.25, -0.2) is 9.59 Å². The van der Waals surface area contributed by atoms with Crippen molar-refractivity contribution >= 4 is 17.9 Å². The topological polar surface area (TPSA) is 98.7 Å². The van der Waals surface area contributed by atoms with E-state index in [1.54, 1.807) is 0 Å². The number of carboxylic acid groups (broad SMARTS) is 1. The second-order valence-electron chi connectivity index (χ2n) is 5.86. The number of carbonyl (C=O) groups excluding carboxylic acids is 2. The molecule has 7 nitrogen and oxygen atoms in total. The van der Waals surface area contributed by atoms with E-state index < -0.39 is 12.0 Å². The van der Waals surface area contributed by atoms with Gasteiger partial charge in [0.25, 0.3) is 0 Å². The van der Waals surface area contributed by atoms with E-state index in [1.165, 1.54) is 25.3 Å². The fourth-order valence-corrected chi connectivity index (χ4v) is 2.48. The van der Waals surface area contributed by atoms with E-state index in [0.29, 0.717) is 13.0 Å². The molecule has 0 aromatic heterocycles. The molecule has 0 heterocycles. The zero-order valence-corrected chi connectivity index (χ0v) is 13.4. The molecule has 0 spiro atoms. The molecule has 22 heavy (non-hydrogen) atoms. The van der Waals surface area contributed by atoms with Crippen molar-refractivity contribution in [2.45, 2.75) is 64.0 Å². The Morgan fingerprint density at radius 1 is 1.23 bits per heavy atom. The zero-order chi connectivity index (χ0) is 16.5. The van der Waals surface area contributed by atoms with E-state index in [-0.39, 0.29) is 24.4 Å². The van der Waals surface area contributed by atoms with Crippen LogP contribution in [0, 0.1) is 0 Å². The summed E-state index contributed by atoms with van der Waals surface area (Å²) in [5.41, 5.74) is 0. The van der Waals surface area contributed by atoms with Crippen LogP contribution < -0.4 is 10.6 Å². The first-order chi connectivity index (χ1) is 10.4. The molecule has 0 bridgehead atoms. The minimum atomic E-state index is -1.03. The third-order valence-electron chi connectivity index (χ3n) is 4.13. The van der Waals surface area contributed by atoms with E-state index in [0.717, 1.165) is 25.7 Å². The minimum absolute atomic E-state index is 0.188. The molecule has 3 amide bonds. The van der Waals surface area contributed by atoms with Gasteiger partial charge in [-0.2, -0.15) is 0 Å². The summed E-state index contributed by atoms with van der Waals surface area (Å²) in [7, 11) is 1.48. The molecular formula is C15H27N3O4. The second-order valence-corrected chi connectivity index (χ2v) is 5.86. The molecule has 1 saturated carbocycles. The standard InChI is InChI=1S/C15H27N3O4/c1-11(14(20)21)18(2)13(19)9-6-10-16-15(22)17-12-7-4-3-5-8-12/h11-12H,3-10H2,1-2H3,(H,20,21)(H2,16,17,22). The van der Waals surface area contributed by atoms with Crippen LogP contribution in [0.5, 0.6) is 0 Å². The number of nitrogens with one attached hydrogen (secondary N) is 2. The lowest BCUT2D eigenvalue weighted by Gasteiger charge is -2.23. The maximum atomic E-state index is 11.8. The van der Waals surface area contributed by atoms with Crippen LogP contribution in [0.2, 0.25) is 0 Å². The van der Waals surface area contributed by atoms with Crippen molar-refractivity contribution < 1.29 is 19.5 Å². The number of nitrogens with zero attached hydrogens (tertiary/aromatic N) is 1. The number of carboxylic acids is 1. The summed E-state index contributed by atoms with van der Waals surface area (Å²) in [5.74, 6) is -1.26. The lowest BCUT2D eigenvalue weighted by Crippen LogP contribution is -2.43. The van der Waals surface area contributed by atoms with Crippen LogP contribution in [0.4, 0.5) is 4.79 Å². The van der Waals surface area contributed by atoms with Gasteiger partial charge in [0.2, 0.25) is 5.91 Å². The van der Waals surface area contributed by atoms with Crippen molar-refractivity contribution in [3.05, 3.63) is 0 Å². The van der Waals surface area contributed by atoms with Gasteiger partial charge in [-0.3, -0.25) is 4.79 Å². The van der Waals surface area contributed by atoms with Crippen LogP contribution in [0.25, 0.3) is 0 Å². The highest BCUT2D eigenvalue weighted by molar-refractivity contribution is 5.83. The van der Waals surface area contributed by atoms with Gasteiger partial charge in [-0.15, -0.1) is 0 Å². The summed E-state index contributed by atoms with van der Waals surface area (Å²) >= 11 is 0. The third-order valence-corrected chi connectivity index (χ3v) is 4.13. The first-order valence-electron chi connectivity index (χ1n) is 7.94. The molecule has 7 heteroatoms. The Kier molecular flexibility index (Phi) is 7.70. The van der Waals surface area contributed by atoms with Gasteiger partial charge in [0.1, 0.15) is 6.04 Å². The smallest absolute Gasteiger partial charge is 0.326 e. The first-order valence-corrected chi connectivity index (χ1v) is 7.94. The summed E-state index contributed by atoms with van der Waals surface area (Å²) in [4.78, 5) is 35.5. The Hall–Kier alpha value is -1.79. The number of hydrogen-bond donors (Lipinski definition) is 3. The van der Waals surface area contributed by atoms with Crippen molar-refractivity contribution in [1.82, 2.24) is 15.5 Å². The summed E-state index contributed by atoms with van der Waals surface area (Å²) < 4.78 is 0. The maximum Gasteiger partial charge on any atom is 0.326 e. The molecule has 0 aromatic rings. The van der Waals surface area contributed by atoms with E-state index in [4.69, 9.17) is 5.11 Å². The molecule has 0 aliphatic heterocycles. The summed E-state index contributed by atoms with van der Waals surface area (Å²) in [6, 6.07) is -0.764. The number of hydrogen-bond acceptors (Lipinski definition) is 3. The Morgan fingerprint density at radius 2 is 1.86 bits per heavy atom.